The topological polar surface area (TPSA) is 54.9 Å². The van der Waals surface area contributed by atoms with Gasteiger partial charge in [-0.15, -0.1) is 24.0 Å². The summed E-state index contributed by atoms with van der Waals surface area (Å²) in [6, 6.07) is 5.81. The minimum absolute atomic E-state index is 0. The molecule has 2 N–H and O–H groups in total. The lowest BCUT2D eigenvalue weighted by atomic mass is 10.0. The number of aliphatic imine (C=N–C) groups is 1. The molecule has 1 fully saturated rings. The molecule has 0 radical (unpaired) electrons. The normalized spacial score (nSPS) is 15.0. The minimum atomic E-state index is 0. The third-order valence-electron chi connectivity index (χ3n) is 4.80. The summed E-state index contributed by atoms with van der Waals surface area (Å²) in [5.41, 5.74) is 1.46. The molecule has 0 atom stereocenters. The maximum absolute atomic E-state index is 6.31. The van der Waals surface area contributed by atoms with E-state index in [0.717, 1.165) is 68.0 Å². The quantitative estimate of drug-likeness (QED) is 0.202. The second-order valence-corrected chi connectivity index (χ2v) is 7.18. The molecule has 0 bridgehead atoms. The molecule has 1 aliphatic rings. The molecule has 0 aliphatic heterocycles. The van der Waals surface area contributed by atoms with Crippen LogP contribution in [0, 0.1) is 5.41 Å². The van der Waals surface area contributed by atoms with Crippen LogP contribution in [0.15, 0.2) is 23.2 Å². The van der Waals surface area contributed by atoms with E-state index in [4.69, 9.17) is 26.1 Å². The third-order valence-corrected chi connectivity index (χ3v) is 5.15. The first-order valence-electron chi connectivity index (χ1n) is 9.55. The zero-order chi connectivity index (χ0) is 18.8. The van der Waals surface area contributed by atoms with Gasteiger partial charge >= 0.3 is 0 Å². The summed E-state index contributed by atoms with van der Waals surface area (Å²) >= 11 is 6.31. The first kappa shape index (κ1) is 24.3. The summed E-state index contributed by atoms with van der Waals surface area (Å²) in [5, 5.41) is 7.47. The number of halogens is 2. The fraction of sp³-hybridized carbons (Fsp3) is 0.650. The number of rotatable bonds is 11. The summed E-state index contributed by atoms with van der Waals surface area (Å²) in [6.07, 6.45) is 4.45. The van der Waals surface area contributed by atoms with Gasteiger partial charge in [0.2, 0.25) is 0 Å². The molecule has 2 rings (SSSR count). The smallest absolute Gasteiger partial charge is 0.191 e. The van der Waals surface area contributed by atoms with Crippen molar-refractivity contribution in [2.75, 3.05) is 40.0 Å². The Morgan fingerprint density at radius 3 is 2.63 bits per heavy atom. The Morgan fingerprint density at radius 2 is 2.04 bits per heavy atom. The lowest BCUT2D eigenvalue weighted by Gasteiger charge is -2.15. The number of methoxy groups -OCH3 is 1. The van der Waals surface area contributed by atoms with Gasteiger partial charge in [0, 0.05) is 37.9 Å². The van der Waals surface area contributed by atoms with Gasteiger partial charge in [-0.3, -0.25) is 4.99 Å². The van der Waals surface area contributed by atoms with Crippen LogP contribution in [0.2, 0.25) is 5.02 Å². The molecule has 0 aromatic heterocycles. The first-order chi connectivity index (χ1) is 12.6. The lowest BCUT2D eigenvalue weighted by Crippen LogP contribution is -2.38. The van der Waals surface area contributed by atoms with Crippen LogP contribution in [-0.2, 0) is 11.2 Å². The van der Waals surface area contributed by atoms with E-state index in [9.17, 15) is 0 Å². The SMILES string of the molecule is CCNC(=NCC1(CCOCC)CC1)NCCc1ccc(OC)cc1Cl.I. The summed E-state index contributed by atoms with van der Waals surface area (Å²) < 4.78 is 10.7. The summed E-state index contributed by atoms with van der Waals surface area (Å²) in [5.74, 6) is 1.66. The average Bonchev–Trinajstić information content (AvgIpc) is 3.41. The number of nitrogens with one attached hydrogen (secondary N) is 2. The summed E-state index contributed by atoms with van der Waals surface area (Å²) in [6.45, 7) is 8.24. The van der Waals surface area contributed by atoms with Crippen LogP contribution in [-0.4, -0.2) is 45.9 Å². The van der Waals surface area contributed by atoms with Gasteiger partial charge in [-0.25, -0.2) is 0 Å². The van der Waals surface area contributed by atoms with Crippen LogP contribution in [0.3, 0.4) is 0 Å². The molecule has 0 amide bonds. The average molecular weight is 510 g/mol. The fourth-order valence-corrected chi connectivity index (χ4v) is 3.12. The highest BCUT2D eigenvalue weighted by atomic mass is 127. The van der Waals surface area contributed by atoms with E-state index in [-0.39, 0.29) is 24.0 Å². The maximum atomic E-state index is 6.31. The van der Waals surface area contributed by atoms with Crippen LogP contribution in [0.5, 0.6) is 5.75 Å². The fourth-order valence-electron chi connectivity index (χ4n) is 2.86. The van der Waals surface area contributed by atoms with Gasteiger partial charge < -0.3 is 20.1 Å². The molecule has 5 nitrogen and oxygen atoms in total. The molecular weight excluding hydrogens is 477 g/mol. The third kappa shape index (κ3) is 8.44. The maximum Gasteiger partial charge on any atom is 0.191 e. The Balaban J connectivity index is 0.00000364. The molecule has 0 spiro atoms. The van der Waals surface area contributed by atoms with Gasteiger partial charge in [-0.2, -0.15) is 0 Å². The van der Waals surface area contributed by atoms with Gasteiger partial charge in [0.25, 0.3) is 0 Å². The lowest BCUT2D eigenvalue weighted by molar-refractivity contribution is 0.129. The van der Waals surface area contributed by atoms with Gasteiger partial charge in [0.1, 0.15) is 5.75 Å². The van der Waals surface area contributed by atoms with E-state index in [0.29, 0.717) is 5.41 Å². The number of guanidine groups is 1. The molecule has 0 saturated heterocycles. The number of benzene rings is 1. The van der Waals surface area contributed by atoms with Crippen LogP contribution in [0.25, 0.3) is 0 Å². The summed E-state index contributed by atoms with van der Waals surface area (Å²) in [4.78, 5) is 4.79. The van der Waals surface area contributed by atoms with Gasteiger partial charge in [-0.1, -0.05) is 17.7 Å². The van der Waals surface area contributed by atoms with Crippen LogP contribution < -0.4 is 15.4 Å². The minimum Gasteiger partial charge on any atom is -0.497 e. The predicted octanol–water partition coefficient (Wildman–Crippen LogP) is 4.27. The van der Waals surface area contributed by atoms with Crippen molar-refractivity contribution in [2.45, 2.75) is 39.5 Å². The molecule has 1 aromatic rings. The molecule has 1 aromatic carbocycles. The molecule has 0 heterocycles. The zero-order valence-electron chi connectivity index (χ0n) is 16.6. The molecular formula is C20H33ClIN3O2. The number of hydrogen-bond acceptors (Lipinski definition) is 3. The number of ether oxygens (including phenoxy) is 2. The van der Waals surface area contributed by atoms with Gasteiger partial charge in [0.05, 0.1) is 7.11 Å². The molecule has 7 heteroatoms. The van der Waals surface area contributed by atoms with Gasteiger partial charge in [-0.05, 0) is 62.6 Å². The Morgan fingerprint density at radius 1 is 1.26 bits per heavy atom. The largest absolute Gasteiger partial charge is 0.497 e. The van der Waals surface area contributed by atoms with E-state index in [2.05, 4.69) is 17.6 Å². The highest BCUT2D eigenvalue weighted by Gasteiger charge is 2.41. The van der Waals surface area contributed by atoms with Crippen molar-refractivity contribution in [1.29, 1.82) is 0 Å². The van der Waals surface area contributed by atoms with Crippen molar-refractivity contribution in [3.05, 3.63) is 28.8 Å². The van der Waals surface area contributed by atoms with E-state index in [1.165, 1.54) is 12.8 Å². The number of hydrogen-bond donors (Lipinski definition) is 2. The van der Waals surface area contributed by atoms with E-state index in [1.807, 2.05) is 25.1 Å². The van der Waals surface area contributed by atoms with Crippen molar-refractivity contribution in [2.24, 2.45) is 10.4 Å². The van der Waals surface area contributed by atoms with Crippen molar-refractivity contribution >= 4 is 41.5 Å². The van der Waals surface area contributed by atoms with Crippen molar-refractivity contribution in [3.8, 4) is 5.75 Å². The van der Waals surface area contributed by atoms with Crippen LogP contribution in [0.1, 0.15) is 38.7 Å². The van der Waals surface area contributed by atoms with Crippen LogP contribution >= 0.6 is 35.6 Å². The standard InChI is InChI=1S/C20H32ClN3O2.HI/c1-4-22-19(24-15-20(9-10-20)11-13-26-5-2)23-12-8-16-6-7-17(25-3)14-18(16)21;/h6-7,14H,4-5,8-13,15H2,1-3H3,(H2,22,23,24);1H. The monoisotopic (exact) mass is 509 g/mol. The van der Waals surface area contributed by atoms with Crippen molar-refractivity contribution in [3.63, 3.8) is 0 Å². The Labute approximate surface area is 185 Å². The highest BCUT2D eigenvalue weighted by molar-refractivity contribution is 14.0. The first-order valence-corrected chi connectivity index (χ1v) is 9.92. The molecule has 1 saturated carbocycles. The van der Waals surface area contributed by atoms with Crippen LogP contribution in [0.4, 0.5) is 0 Å². The van der Waals surface area contributed by atoms with Gasteiger partial charge in [0.15, 0.2) is 5.96 Å². The molecule has 1 aliphatic carbocycles. The highest BCUT2D eigenvalue weighted by Crippen LogP contribution is 2.49. The van der Waals surface area contributed by atoms with Crippen molar-refractivity contribution in [1.82, 2.24) is 10.6 Å². The van der Waals surface area contributed by atoms with Crippen molar-refractivity contribution < 1.29 is 9.47 Å². The zero-order valence-corrected chi connectivity index (χ0v) is 19.7. The second-order valence-electron chi connectivity index (χ2n) is 6.78. The molecule has 27 heavy (non-hydrogen) atoms. The molecule has 0 unspecified atom stereocenters. The Bertz CT molecular complexity index is 595. The molecule has 154 valence electrons. The Kier molecular flexibility index (Phi) is 11.4. The van der Waals surface area contributed by atoms with E-state index < -0.39 is 0 Å². The van der Waals surface area contributed by atoms with E-state index >= 15 is 0 Å². The second kappa shape index (κ2) is 12.7. The predicted molar refractivity (Wildman–Crippen MR) is 124 cm³/mol. The Hall–Kier alpha value is -0.730. The summed E-state index contributed by atoms with van der Waals surface area (Å²) in [7, 11) is 1.65. The van der Waals surface area contributed by atoms with E-state index in [1.54, 1.807) is 7.11 Å². The number of nitrogens with zero attached hydrogens (tertiary/aromatic N) is 1.